The molecule has 0 fully saturated rings. The lowest BCUT2D eigenvalue weighted by molar-refractivity contribution is 0.0950. The average molecular weight is 323 g/mol. The van der Waals surface area contributed by atoms with Crippen molar-refractivity contribution in [2.45, 2.75) is 27.3 Å². The summed E-state index contributed by atoms with van der Waals surface area (Å²) in [5, 5.41) is 2.93. The van der Waals surface area contributed by atoms with E-state index in [0.29, 0.717) is 12.1 Å². The molecule has 2 rings (SSSR count). The second-order valence-electron chi connectivity index (χ2n) is 6.82. The third-order valence-corrected chi connectivity index (χ3v) is 3.58. The molecule has 0 atom stereocenters. The van der Waals surface area contributed by atoms with E-state index < -0.39 is 0 Å². The number of ether oxygens (including phenoxy) is 1. The zero-order valence-electron chi connectivity index (χ0n) is 14.8. The molecule has 0 aliphatic carbocycles. The summed E-state index contributed by atoms with van der Waals surface area (Å²) in [7, 11) is 1.63. The molecule has 1 amide bonds. The zero-order valence-corrected chi connectivity index (χ0v) is 14.8. The minimum Gasteiger partial charge on any atom is -0.496 e. The van der Waals surface area contributed by atoms with E-state index in [9.17, 15) is 4.79 Å². The normalized spacial score (nSPS) is 11.5. The third kappa shape index (κ3) is 5.27. The number of amides is 1. The van der Waals surface area contributed by atoms with Crippen LogP contribution in [0.25, 0.3) is 6.08 Å². The molecule has 0 saturated heterocycles. The molecule has 3 heteroatoms. The van der Waals surface area contributed by atoms with Gasteiger partial charge < -0.3 is 10.1 Å². The Labute approximate surface area is 144 Å². The highest BCUT2D eigenvalue weighted by atomic mass is 16.5. The first-order valence-electron chi connectivity index (χ1n) is 8.08. The summed E-state index contributed by atoms with van der Waals surface area (Å²) in [5.41, 5.74) is 2.84. The zero-order chi connectivity index (χ0) is 17.6. The van der Waals surface area contributed by atoms with Gasteiger partial charge in [-0.25, -0.2) is 0 Å². The van der Waals surface area contributed by atoms with Crippen LogP contribution in [-0.2, 0) is 6.54 Å². The number of para-hydroxylation sites is 1. The first-order chi connectivity index (χ1) is 11.4. The summed E-state index contributed by atoms with van der Waals surface area (Å²) in [6.07, 6.45) is 4.24. The van der Waals surface area contributed by atoms with E-state index in [4.69, 9.17) is 4.74 Å². The Kier molecular flexibility index (Phi) is 5.80. The molecule has 0 radical (unpaired) electrons. The molecule has 0 unspecified atom stereocenters. The summed E-state index contributed by atoms with van der Waals surface area (Å²) in [6.45, 7) is 6.91. The summed E-state index contributed by atoms with van der Waals surface area (Å²) >= 11 is 0. The van der Waals surface area contributed by atoms with Crippen molar-refractivity contribution in [1.82, 2.24) is 5.32 Å². The van der Waals surface area contributed by atoms with Crippen molar-refractivity contribution >= 4 is 12.0 Å². The molecule has 126 valence electrons. The first-order valence-corrected chi connectivity index (χ1v) is 8.08. The van der Waals surface area contributed by atoms with E-state index in [1.807, 2.05) is 48.5 Å². The van der Waals surface area contributed by atoms with Crippen LogP contribution in [-0.4, -0.2) is 13.0 Å². The van der Waals surface area contributed by atoms with Crippen molar-refractivity contribution in [3.8, 4) is 5.75 Å². The van der Waals surface area contributed by atoms with Crippen LogP contribution < -0.4 is 10.1 Å². The van der Waals surface area contributed by atoms with Crippen LogP contribution in [0.15, 0.2) is 54.6 Å². The summed E-state index contributed by atoms with van der Waals surface area (Å²) in [4.78, 5) is 12.3. The molecule has 0 aliphatic heterocycles. The van der Waals surface area contributed by atoms with Crippen LogP contribution >= 0.6 is 0 Å². The van der Waals surface area contributed by atoms with E-state index >= 15 is 0 Å². The molecule has 0 saturated carbocycles. The fraction of sp³-hybridized carbons (Fsp3) is 0.286. The van der Waals surface area contributed by atoms with Gasteiger partial charge in [0.1, 0.15) is 5.75 Å². The standard InChI is InChI=1S/C21H25NO2/c1-21(2,3)14-13-16-9-11-17(12-10-16)20(23)22-15-18-7-5-6-8-19(18)24-4/h5-14H,15H2,1-4H3,(H,22,23)/b14-13+. The predicted molar refractivity (Wildman–Crippen MR) is 99.1 cm³/mol. The number of carbonyl (C=O) groups is 1. The first kappa shape index (κ1) is 17.8. The third-order valence-electron chi connectivity index (χ3n) is 3.58. The van der Waals surface area contributed by atoms with Gasteiger partial charge in [0.05, 0.1) is 7.11 Å². The van der Waals surface area contributed by atoms with E-state index in [0.717, 1.165) is 16.9 Å². The largest absolute Gasteiger partial charge is 0.496 e. The van der Waals surface area contributed by atoms with Crippen LogP contribution in [0.1, 0.15) is 42.3 Å². The molecule has 2 aromatic carbocycles. The molecule has 0 aromatic heterocycles. The molecular weight excluding hydrogens is 298 g/mol. The van der Waals surface area contributed by atoms with E-state index in [-0.39, 0.29) is 11.3 Å². The van der Waals surface area contributed by atoms with E-state index in [2.05, 4.69) is 38.2 Å². The van der Waals surface area contributed by atoms with E-state index in [1.54, 1.807) is 7.11 Å². The lowest BCUT2D eigenvalue weighted by atomic mass is 9.95. The predicted octanol–water partition coefficient (Wildman–Crippen LogP) is 4.68. The summed E-state index contributed by atoms with van der Waals surface area (Å²) < 4.78 is 5.29. The molecule has 1 N–H and O–H groups in total. The lowest BCUT2D eigenvalue weighted by Crippen LogP contribution is -2.22. The fourth-order valence-corrected chi connectivity index (χ4v) is 2.22. The Morgan fingerprint density at radius 3 is 2.38 bits per heavy atom. The Morgan fingerprint density at radius 1 is 1.08 bits per heavy atom. The molecule has 3 nitrogen and oxygen atoms in total. The Bertz CT molecular complexity index is 709. The number of hydrogen-bond acceptors (Lipinski definition) is 2. The fourth-order valence-electron chi connectivity index (χ4n) is 2.22. The Balaban J connectivity index is 1.99. The monoisotopic (exact) mass is 323 g/mol. The quantitative estimate of drug-likeness (QED) is 0.867. The number of rotatable bonds is 5. The lowest BCUT2D eigenvalue weighted by Gasteiger charge is -2.11. The van der Waals surface area contributed by atoms with Crippen LogP contribution in [0.5, 0.6) is 5.75 Å². The SMILES string of the molecule is COc1ccccc1CNC(=O)c1ccc(/C=C/C(C)(C)C)cc1. The van der Waals surface area contributed by atoms with Gasteiger partial charge in [0, 0.05) is 17.7 Å². The van der Waals surface area contributed by atoms with Gasteiger partial charge >= 0.3 is 0 Å². The smallest absolute Gasteiger partial charge is 0.251 e. The second-order valence-corrected chi connectivity index (χ2v) is 6.82. The highest BCUT2D eigenvalue weighted by Crippen LogP contribution is 2.18. The molecular formula is C21H25NO2. The van der Waals surface area contributed by atoms with Crippen molar-refractivity contribution < 1.29 is 9.53 Å². The van der Waals surface area contributed by atoms with Gasteiger partial charge in [-0.15, -0.1) is 0 Å². The number of hydrogen-bond donors (Lipinski definition) is 1. The van der Waals surface area contributed by atoms with Crippen molar-refractivity contribution in [2.24, 2.45) is 5.41 Å². The van der Waals surface area contributed by atoms with Gasteiger partial charge in [-0.05, 0) is 29.2 Å². The van der Waals surface area contributed by atoms with Crippen molar-refractivity contribution in [1.29, 1.82) is 0 Å². The Hall–Kier alpha value is -2.55. The number of benzene rings is 2. The highest BCUT2D eigenvalue weighted by Gasteiger charge is 2.08. The van der Waals surface area contributed by atoms with Crippen LogP contribution in [0.3, 0.4) is 0 Å². The van der Waals surface area contributed by atoms with Crippen molar-refractivity contribution in [3.05, 3.63) is 71.3 Å². The second kappa shape index (κ2) is 7.82. The molecule has 0 heterocycles. The minimum absolute atomic E-state index is 0.0905. The number of nitrogens with one attached hydrogen (secondary N) is 1. The van der Waals surface area contributed by atoms with Crippen molar-refractivity contribution in [2.75, 3.05) is 7.11 Å². The molecule has 24 heavy (non-hydrogen) atoms. The average Bonchev–Trinajstić information content (AvgIpc) is 2.58. The number of methoxy groups -OCH3 is 1. The van der Waals surface area contributed by atoms with E-state index in [1.165, 1.54) is 0 Å². The van der Waals surface area contributed by atoms with Gasteiger partial charge in [0.2, 0.25) is 0 Å². The molecule has 0 aliphatic rings. The summed E-state index contributed by atoms with van der Waals surface area (Å²) in [6, 6.07) is 15.3. The minimum atomic E-state index is -0.0905. The van der Waals surface area contributed by atoms with Gasteiger partial charge in [0.25, 0.3) is 5.91 Å². The van der Waals surface area contributed by atoms with Crippen LogP contribution in [0, 0.1) is 5.41 Å². The maximum atomic E-state index is 12.3. The molecule has 0 spiro atoms. The van der Waals surface area contributed by atoms with Gasteiger partial charge in [0.15, 0.2) is 0 Å². The number of carbonyl (C=O) groups excluding carboxylic acids is 1. The van der Waals surface area contributed by atoms with Crippen LogP contribution in [0.2, 0.25) is 0 Å². The number of allylic oxidation sites excluding steroid dienone is 1. The highest BCUT2D eigenvalue weighted by molar-refractivity contribution is 5.94. The summed E-state index contributed by atoms with van der Waals surface area (Å²) in [5.74, 6) is 0.688. The van der Waals surface area contributed by atoms with Gasteiger partial charge in [-0.1, -0.05) is 63.3 Å². The van der Waals surface area contributed by atoms with Gasteiger partial charge in [-0.3, -0.25) is 4.79 Å². The maximum absolute atomic E-state index is 12.3. The van der Waals surface area contributed by atoms with Crippen LogP contribution in [0.4, 0.5) is 0 Å². The molecule has 0 bridgehead atoms. The molecule has 2 aromatic rings. The Morgan fingerprint density at radius 2 is 1.75 bits per heavy atom. The van der Waals surface area contributed by atoms with Gasteiger partial charge in [-0.2, -0.15) is 0 Å². The maximum Gasteiger partial charge on any atom is 0.251 e. The van der Waals surface area contributed by atoms with Crippen molar-refractivity contribution in [3.63, 3.8) is 0 Å². The topological polar surface area (TPSA) is 38.3 Å².